The monoisotopic (exact) mass is 575 g/mol. The molecule has 8 heteroatoms. The van der Waals surface area contributed by atoms with E-state index in [9.17, 15) is 0 Å². The van der Waals surface area contributed by atoms with Gasteiger partial charge in [0.15, 0.2) is 5.96 Å². The van der Waals surface area contributed by atoms with E-state index >= 15 is 0 Å². The fourth-order valence-corrected chi connectivity index (χ4v) is 4.27. The molecule has 0 bridgehead atoms. The third-order valence-electron chi connectivity index (χ3n) is 5.30. The van der Waals surface area contributed by atoms with E-state index in [1.165, 1.54) is 17.8 Å². The van der Waals surface area contributed by atoms with Crippen LogP contribution in [0.3, 0.4) is 0 Å². The summed E-state index contributed by atoms with van der Waals surface area (Å²) in [5.41, 5.74) is 2.47. The van der Waals surface area contributed by atoms with E-state index in [1.54, 1.807) is 7.11 Å². The zero-order chi connectivity index (χ0) is 20.1. The molecule has 0 aliphatic carbocycles. The zero-order valence-electron chi connectivity index (χ0n) is 17.6. The number of hydrogen-bond acceptors (Lipinski definition) is 3. The van der Waals surface area contributed by atoms with Crippen molar-refractivity contribution in [2.45, 2.75) is 13.0 Å². The molecule has 1 aliphatic heterocycles. The first-order valence-corrected chi connectivity index (χ1v) is 10.4. The molecular weight excluding hydrogens is 545 g/mol. The van der Waals surface area contributed by atoms with Crippen LogP contribution in [0.1, 0.15) is 12.1 Å². The summed E-state index contributed by atoms with van der Waals surface area (Å²) in [5.74, 6) is 2.44. The van der Waals surface area contributed by atoms with Crippen molar-refractivity contribution in [2.75, 3.05) is 45.7 Å². The van der Waals surface area contributed by atoms with Gasteiger partial charge in [0.2, 0.25) is 0 Å². The van der Waals surface area contributed by atoms with Crippen molar-refractivity contribution in [3.8, 4) is 5.75 Å². The van der Waals surface area contributed by atoms with E-state index < -0.39 is 0 Å². The predicted molar refractivity (Wildman–Crippen MR) is 135 cm³/mol. The fourth-order valence-electron chi connectivity index (χ4n) is 3.70. The maximum atomic E-state index is 5.35. The van der Waals surface area contributed by atoms with Crippen molar-refractivity contribution < 1.29 is 4.74 Å². The van der Waals surface area contributed by atoms with Gasteiger partial charge in [0.05, 0.1) is 13.7 Å². The van der Waals surface area contributed by atoms with Crippen molar-refractivity contribution in [1.29, 1.82) is 0 Å². The number of halogens is 2. The number of rotatable bonds is 6. The molecule has 1 aliphatic rings. The highest BCUT2D eigenvalue weighted by Gasteiger charge is 2.23. The van der Waals surface area contributed by atoms with Gasteiger partial charge < -0.3 is 24.4 Å². The minimum Gasteiger partial charge on any atom is -0.497 e. The van der Waals surface area contributed by atoms with Crippen molar-refractivity contribution >= 4 is 51.6 Å². The van der Waals surface area contributed by atoms with Gasteiger partial charge in [0.1, 0.15) is 5.75 Å². The Kier molecular flexibility index (Phi) is 9.13. The first-order valence-electron chi connectivity index (χ1n) is 9.61. The Morgan fingerprint density at radius 3 is 2.83 bits per heavy atom. The van der Waals surface area contributed by atoms with Gasteiger partial charge in [-0.2, -0.15) is 0 Å². The van der Waals surface area contributed by atoms with Gasteiger partial charge >= 0.3 is 0 Å². The normalized spacial score (nSPS) is 16.5. The van der Waals surface area contributed by atoms with E-state index in [0.29, 0.717) is 5.92 Å². The largest absolute Gasteiger partial charge is 0.497 e. The SMILES string of the molecule is CN=C(NCC1CCN(c2cccc(OC)c2)C1)N(C)Cc1cc(Br)cn1C.I. The first kappa shape index (κ1) is 23.9. The highest BCUT2D eigenvalue weighted by atomic mass is 127. The van der Waals surface area contributed by atoms with Gasteiger partial charge in [-0.05, 0) is 46.5 Å². The van der Waals surface area contributed by atoms with E-state index in [4.69, 9.17) is 4.74 Å². The lowest BCUT2D eigenvalue weighted by molar-refractivity contribution is 0.415. The lowest BCUT2D eigenvalue weighted by atomic mass is 10.1. The molecule has 0 spiro atoms. The summed E-state index contributed by atoms with van der Waals surface area (Å²) in [6.45, 7) is 3.85. The average molecular weight is 576 g/mol. The van der Waals surface area contributed by atoms with Crippen molar-refractivity contribution in [2.24, 2.45) is 18.0 Å². The van der Waals surface area contributed by atoms with Crippen LogP contribution in [0.2, 0.25) is 0 Å². The van der Waals surface area contributed by atoms with E-state index in [2.05, 4.69) is 85.2 Å². The summed E-state index contributed by atoms with van der Waals surface area (Å²) in [4.78, 5) is 9.06. The minimum absolute atomic E-state index is 0. The molecule has 2 aromatic rings. The molecule has 1 aromatic heterocycles. The van der Waals surface area contributed by atoms with Crippen LogP contribution in [0, 0.1) is 5.92 Å². The molecule has 0 saturated carbocycles. The number of guanidine groups is 1. The quantitative estimate of drug-likeness (QED) is 0.322. The summed E-state index contributed by atoms with van der Waals surface area (Å²) < 4.78 is 8.59. The van der Waals surface area contributed by atoms with Crippen LogP contribution >= 0.6 is 39.9 Å². The Bertz CT molecular complexity index is 825. The molecule has 1 saturated heterocycles. The van der Waals surface area contributed by atoms with Crippen LogP contribution in [-0.4, -0.2) is 56.3 Å². The number of nitrogens with one attached hydrogen (secondary N) is 1. The molecule has 1 N–H and O–H groups in total. The number of aromatic nitrogens is 1. The molecule has 29 heavy (non-hydrogen) atoms. The van der Waals surface area contributed by atoms with Crippen LogP contribution < -0.4 is 15.0 Å². The number of benzene rings is 1. The summed E-state index contributed by atoms with van der Waals surface area (Å²) >= 11 is 3.54. The molecule has 1 unspecified atom stereocenters. The minimum atomic E-state index is 0. The maximum absolute atomic E-state index is 5.35. The van der Waals surface area contributed by atoms with Crippen LogP contribution in [0.25, 0.3) is 0 Å². The Labute approximate surface area is 199 Å². The molecule has 0 amide bonds. The summed E-state index contributed by atoms with van der Waals surface area (Å²) in [5, 5.41) is 3.56. The number of aliphatic imine (C=N–C) groups is 1. The Morgan fingerprint density at radius 2 is 2.17 bits per heavy atom. The second-order valence-corrected chi connectivity index (χ2v) is 8.26. The summed E-state index contributed by atoms with van der Waals surface area (Å²) in [6, 6.07) is 10.5. The smallest absolute Gasteiger partial charge is 0.193 e. The molecule has 160 valence electrons. The van der Waals surface area contributed by atoms with Gasteiger partial charge in [-0.15, -0.1) is 24.0 Å². The summed E-state index contributed by atoms with van der Waals surface area (Å²) in [6.07, 6.45) is 3.25. The topological polar surface area (TPSA) is 45.0 Å². The van der Waals surface area contributed by atoms with Gasteiger partial charge in [0.25, 0.3) is 0 Å². The molecule has 2 heterocycles. The number of hydrogen-bond donors (Lipinski definition) is 1. The molecule has 0 radical (unpaired) electrons. The highest BCUT2D eigenvalue weighted by Crippen LogP contribution is 2.26. The van der Waals surface area contributed by atoms with Crippen molar-refractivity contribution in [3.05, 3.63) is 46.7 Å². The predicted octanol–water partition coefficient (Wildman–Crippen LogP) is 3.95. The Hall–Kier alpha value is -1.42. The number of ether oxygens (including phenoxy) is 1. The Balaban J connectivity index is 0.00000300. The van der Waals surface area contributed by atoms with Crippen molar-refractivity contribution in [1.82, 2.24) is 14.8 Å². The molecule has 1 aromatic carbocycles. The van der Waals surface area contributed by atoms with Crippen LogP contribution in [-0.2, 0) is 13.6 Å². The molecule has 1 fully saturated rings. The van der Waals surface area contributed by atoms with E-state index in [1.807, 2.05) is 13.1 Å². The second kappa shape index (κ2) is 11.1. The van der Waals surface area contributed by atoms with Crippen molar-refractivity contribution in [3.63, 3.8) is 0 Å². The van der Waals surface area contributed by atoms with Crippen LogP contribution in [0.5, 0.6) is 5.75 Å². The van der Waals surface area contributed by atoms with Crippen LogP contribution in [0.4, 0.5) is 5.69 Å². The molecule has 1 atom stereocenters. The van der Waals surface area contributed by atoms with E-state index in [-0.39, 0.29) is 24.0 Å². The van der Waals surface area contributed by atoms with Crippen LogP contribution in [0.15, 0.2) is 46.0 Å². The number of anilines is 1. The van der Waals surface area contributed by atoms with Gasteiger partial charge in [-0.25, -0.2) is 0 Å². The van der Waals surface area contributed by atoms with Gasteiger partial charge in [-0.3, -0.25) is 4.99 Å². The van der Waals surface area contributed by atoms with E-state index in [0.717, 1.165) is 42.4 Å². The lowest BCUT2D eigenvalue weighted by Gasteiger charge is -2.24. The highest BCUT2D eigenvalue weighted by molar-refractivity contribution is 14.0. The number of nitrogens with zero attached hydrogens (tertiary/aromatic N) is 4. The Morgan fingerprint density at radius 1 is 1.38 bits per heavy atom. The molecular formula is C21H31BrIN5O. The number of aryl methyl sites for hydroxylation is 1. The lowest BCUT2D eigenvalue weighted by Crippen LogP contribution is -2.41. The third-order valence-corrected chi connectivity index (χ3v) is 5.73. The van der Waals surface area contributed by atoms with Gasteiger partial charge in [-0.1, -0.05) is 6.07 Å². The second-order valence-electron chi connectivity index (χ2n) is 7.35. The standard InChI is InChI=1S/C21H30BrN5O.HI/c1-23-21(26(3)15-19-10-17(22)14-25(19)2)24-12-16-8-9-27(13-16)18-6-5-7-20(11-18)28-4;/h5-7,10-11,14,16H,8-9,12-13,15H2,1-4H3,(H,23,24);1H. The zero-order valence-corrected chi connectivity index (χ0v) is 21.5. The average Bonchev–Trinajstić information content (AvgIpc) is 3.28. The van der Waals surface area contributed by atoms with Gasteiger partial charge in [0, 0.05) is 68.9 Å². The fraction of sp³-hybridized carbons (Fsp3) is 0.476. The maximum Gasteiger partial charge on any atom is 0.193 e. The first-order chi connectivity index (χ1) is 13.5. The molecule has 3 rings (SSSR count). The number of methoxy groups -OCH3 is 1. The molecule has 6 nitrogen and oxygen atoms in total. The third kappa shape index (κ3) is 6.28. The summed E-state index contributed by atoms with van der Waals surface area (Å²) in [7, 11) is 7.70.